The molecule has 0 radical (unpaired) electrons. The van der Waals surface area contributed by atoms with E-state index in [9.17, 15) is 4.79 Å². The topological polar surface area (TPSA) is 88.0 Å². The minimum atomic E-state index is -1.46. The molecule has 17 heavy (non-hydrogen) atoms. The molecule has 0 aromatic carbocycles. The Morgan fingerprint density at radius 1 is 1.47 bits per heavy atom. The van der Waals surface area contributed by atoms with E-state index in [4.69, 9.17) is 19.7 Å². The average molecular weight is 247 g/mol. The van der Waals surface area contributed by atoms with Crippen LogP contribution in [0.15, 0.2) is 0 Å². The largest absolute Gasteiger partial charge is 0.444 e. The van der Waals surface area contributed by atoms with E-state index < -0.39 is 24.1 Å². The van der Waals surface area contributed by atoms with Crippen molar-refractivity contribution in [3.63, 3.8) is 0 Å². The van der Waals surface area contributed by atoms with E-state index in [1.165, 1.54) is 0 Å². The van der Waals surface area contributed by atoms with Gasteiger partial charge in [-0.05, 0) is 33.6 Å². The van der Waals surface area contributed by atoms with E-state index in [0.717, 1.165) is 0 Å². The van der Waals surface area contributed by atoms with Crippen molar-refractivity contribution in [2.45, 2.75) is 57.7 Å². The Labute approximate surface area is 101 Å². The zero-order chi connectivity index (χ0) is 13.1. The van der Waals surface area contributed by atoms with Crippen LogP contribution in [0.4, 0.5) is 4.79 Å². The van der Waals surface area contributed by atoms with E-state index in [1.807, 2.05) is 0 Å². The lowest BCUT2D eigenvalue weighted by atomic mass is 10.2. The second-order valence-electron chi connectivity index (χ2n) is 5.17. The second kappa shape index (κ2) is 5.66. The molecule has 6 heteroatoms. The first-order valence-electron chi connectivity index (χ1n) is 5.76. The van der Waals surface area contributed by atoms with Gasteiger partial charge < -0.3 is 25.0 Å². The molecule has 0 aromatic heterocycles. The first kappa shape index (κ1) is 14.2. The summed E-state index contributed by atoms with van der Waals surface area (Å²) in [6.07, 6.45) is -1.42. The molecular weight excluding hydrogens is 226 g/mol. The van der Waals surface area contributed by atoms with Gasteiger partial charge in [0.15, 0.2) is 6.29 Å². The van der Waals surface area contributed by atoms with Gasteiger partial charge in [-0.2, -0.15) is 0 Å². The summed E-state index contributed by atoms with van der Waals surface area (Å²) in [6.45, 7) is 5.68. The Bertz CT molecular complexity index is 261. The van der Waals surface area contributed by atoms with Crippen LogP contribution in [0.25, 0.3) is 0 Å². The number of amides is 1. The highest BCUT2D eigenvalue weighted by Gasteiger charge is 2.30. The van der Waals surface area contributed by atoms with Crippen molar-refractivity contribution in [1.82, 2.24) is 5.32 Å². The van der Waals surface area contributed by atoms with Crippen LogP contribution in [-0.4, -0.2) is 47.0 Å². The number of aliphatic hydroxyl groups excluding tert-OH is 1. The lowest BCUT2D eigenvalue weighted by Gasteiger charge is -2.21. The van der Waals surface area contributed by atoms with Crippen molar-refractivity contribution < 1.29 is 24.5 Å². The summed E-state index contributed by atoms with van der Waals surface area (Å²) in [5.74, 6) is 0. The number of hydrogen-bond donors (Lipinski definition) is 3. The Morgan fingerprint density at radius 2 is 2.12 bits per heavy atom. The molecule has 0 aromatic rings. The Morgan fingerprint density at radius 3 is 2.59 bits per heavy atom. The molecule has 1 fully saturated rings. The lowest BCUT2D eigenvalue weighted by molar-refractivity contribution is -0.139. The van der Waals surface area contributed by atoms with Crippen LogP contribution >= 0.6 is 0 Å². The third kappa shape index (κ3) is 5.34. The van der Waals surface area contributed by atoms with Crippen molar-refractivity contribution in [1.29, 1.82) is 0 Å². The van der Waals surface area contributed by atoms with Crippen LogP contribution in [0, 0.1) is 0 Å². The molecular formula is C11H21NO5. The molecule has 1 amide bonds. The van der Waals surface area contributed by atoms with Gasteiger partial charge >= 0.3 is 6.09 Å². The van der Waals surface area contributed by atoms with E-state index >= 15 is 0 Å². The standard InChI is InChI=1S/C11H21NO5/c1-11(2,3)17-10(15)12-6-7-4-5-8(16-7)9(13)14/h7-9,13-14H,4-6H2,1-3H3,(H,12,15)/t7-,8-/m1/s1. The summed E-state index contributed by atoms with van der Waals surface area (Å²) in [5.41, 5.74) is -0.523. The van der Waals surface area contributed by atoms with Crippen molar-refractivity contribution in [2.24, 2.45) is 0 Å². The van der Waals surface area contributed by atoms with Gasteiger partial charge in [0, 0.05) is 6.54 Å². The van der Waals surface area contributed by atoms with Crippen LogP contribution in [0.1, 0.15) is 33.6 Å². The molecule has 100 valence electrons. The number of carbonyl (C=O) groups excluding carboxylic acids is 1. The summed E-state index contributed by atoms with van der Waals surface area (Å²) >= 11 is 0. The number of ether oxygens (including phenoxy) is 2. The Hall–Kier alpha value is -0.850. The SMILES string of the molecule is CC(C)(C)OC(=O)NC[C@H]1CC[C@H](C(O)O)O1. The molecule has 0 bridgehead atoms. The normalized spacial score (nSPS) is 25.1. The summed E-state index contributed by atoms with van der Waals surface area (Å²) in [7, 11) is 0. The highest BCUT2D eigenvalue weighted by atomic mass is 16.6. The molecule has 0 saturated carbocycles. The number of nitrogens with one attached hydrogen (secondary N) is 1. The van der Waals surface area contributed by atoms with Crippen molar-refractivity contribution in [2.75, 3.05) is 6.54 Å². The Balaban J connectivity index is 2.22. The highest BCUT2D eigenvalue weighted by Crippen LogP contribution is 2.21. The molecule has 1 aliphatic rings. The number of alkyl carbamates (subject to hydrolysis) is 1. The number of carbonyl (C=O) groups is 1. The van der Waals surface area contributed by atoms with E-state index in [0.29, 0.717) is 19.4 Å². The summed E-state index contributed by atoms with van der Waals surface area (Å²) < 4.78 is 10.4. The first-order valence-corrected chi connectivity index (χ1v) is 5.76. The molecule has 3 N–H and O–H groups in total. The average Bonchev–Trinajstić information content (AvgIpc) is 2.60. The van der Waals surface area contributed by atoms with Gasteiger partial charge in [0.2, 0.25) is 0 Å². The second-order valence-corrected chi connectivity index (χ2v) is 5.17. The fourth-order valence-electron chi connectivity index (χ4n) is 1.61. The predicted molar refractivity (Wildman–Crippen MR) is 60.4 cm³/mol. The maximum atomic E-state index is 11.3. The molecule has 1 rings (SSSR count). The smallest absolute Gasteiger partial charge is 0.407 e. The van der Waals surface area contributed by atoms with Gasteiger partial charge in [0.1, 0.15) is 11.7 Å². The molecule has 1 saturated heterocycles. The third-order valence-electron chi connectivity index (χ3n) is 2.35. The third-order valence-corrected chi connectivity index (χ3v) is 2.35. The summed E-state index contributed by atoms with van der Waals surface area (Å²) in [5, 5.41) is 20.4. The first-order chi connectivity index (χ1) is 7.78. The monoisotopic (exact) mass is 247 g/mol. The van der Waals surface area contributed by atoms with Gasteiger partial charge in [0.25, 0.3) is 0 Å². The van der Waals surface area contributed by atoms with Crippen LogP contribution in [0.2, 0.25) is 0 Å². The van der Waals surface area contributed by atoms with Gasteiger partial charge in [-0.15, -0.1) is 0 Å². The molecule has 6 nitrogen and oxygen atoms in total. The fraction of sp³-hybridized carbons (Fsp3) is 0.909. The number of rotatable bonds is 3. The van der Waals surface area contributed by atoms with Crippen molar-refractivity contribution in [3.8, 4) is 0 Å². The number of hydrogen-bond acceptors (Lipinski definition) is 5. The van der Waals surface area contributed by atoms with E-state index in [1.54, 1.807) is 20.8 Å². The fourth-order valence-corrected chi connectivity index (χ4v) is 1.61. The molecule has 1 heterocycles. The molecule has 0 aliphatic carbocycles. The summed E-state index contributed by atoms with van der Waals surface area (Å²) in [6, 6.07) is 0. The highest BCUT2D eigenvalue weighted by molar-refractivity contribution is 5.67. The van der Waals surface area contributed by atoms with Gasteiger partial charge in [-0.3, -0.25) is 0 Å². The maximum absolute atomic E-state index is 11.3. The minimum Gasteiger partial charge on any atom is -0.444 e. The van der Waals surface area contributed by atoms with E-state index in [2.05, 4.69) is 5.32 Å². The maximum Gasteiger partial charge on any atom is 0.407 e. The summed E-state index contributed by atoms with van der Waals surface area (Å²) in [4.78, 5) is 11.3. The lowest BCUT2D eigenvalue weighted by Crippen LogP contribution is -2.37. The molecule has 0 unspecified atom stereocenters. The molecule has 2 atom stereocenters. The molecule has 1 aliphatic heterocycles. The van der Waals surface area contributed by atoms with Gasteiger partial charge in [-0.25, -0.2) is 4.79 Å². The van der Waals surface area contributed by atoms with Gasteiger partial charge in [-0.1, -0.05) is 0 Å². The van der Waals surface area contributed by atoms with Crippen molar-refractivity contribution >= 4 is 6.09 Å². The minimum absolute atomic E-state index is 0.186. The molecule has 0 spiro atoms. The van der Waals surface area contributed by atoms with Crippen LogP contribution in [-0.2, 0) is 9.47 Å². The van der Waals surface area contributed by atoms with Crippen LogP contribution < -0.4 is 5.32 Å². The quantitative estimate of drug-likeness (QED) is 0.627. The zero-order valence-electron chi connectivity index (χ0n) is 10.5. The predicted octanol–water partition coefficient (Wildman–Crippen LogP) is 0.369. The van der Waals surface area contributed by atoms with Crippen molar-refractivity contribution in [3.05, 3.63) is 0 Å². The van der Waals surface area contributed by atoms with Crippen LogP contribution in [0.5, 0.6) is 0 Å². The zero-order valence-corrected chi connectivity index (χ0v) is 10.5. The number of aliphatic hydroxyl groups is 2. The van der Waals surface area contributed by atoms with Crippen LogP contribution in [0.3, 0.4) is 0 Å². The van der Waals surface area contributed by atoms with E-state index in [-0.39, 0.29) is 6.10 Å². The Kier molecular flexibility index (Phi) is 4.73. The van der Waals surface area contributed by atoms with Gasteiger partial charge in [0.05, 0.1) is 6.10 Å².